The van der Waals surface area contributed by atoms with Crippen LogP contribution in [0.1, 0.15) is 70.4 Å². The summed E-state index contributed by atoms with van der Waals surface area (Å²) in [6, 6.07) is 7.05. The number of nitrogens with zero attached hydrogens (tertiary/aromatic N) is 4. The molecule has 1 saturated heterocycles. The van der Waals surface area contributed by atoms with Crippen LogP contribution in [-0.2, 0) is 13.0 Å². The van der Waals surface area contributed by atoms with Crippen LogP contribution in [-0.4, -0.2) is 49.7 Å². The van der Waals surface area contributed by atoms with Crippen LogP contribution in [0.2, 0.25) is 0 Å². The van der Waals surface area contributed by atoms with Crippen molar-refractivity contribution in [2.75, 3.05) is 13.1 Å². The molecule has 1 aromatic carbocycles. The number of carboxylic acids is 1. The first-order chi connectivity index (χ1) is 13.1. The number of fused-ring (bicyclic) bond motifs is 1. The Balaban J connectivity index is 1.53. The van der Waals surface area contributed by atoms with Crippen LogP contribution in [0.4, 0.5) is 0 Å². The zero-order chi connectivity index (χ0) is 18.8. The highest BCUT2D eigenvalue weighted by Crippen LogP contribution is 2.28. The summed E-state index contributed by atoms with van der Waals surface area (Å²) in [6.45, 7) is 2.10. The highest BCUT2D eigenvalue weighted by Gasteiger charge is 2.29. The number of carbonyl (C=O) groups is 2. The van der Waals surface area contributed by atoms with Crippen LogP contribution in [0.3, 0.4) is 0 Å². The van der Waals surface area contributed by atoms with Gasteiger partial charge in [-0.25, -0.2) is 4.79 Å². The van der Waals surface area contributed by atoms with E-state index in [1.54, 1.807) is 18.2 Å². The summed E-state index contributed by atoms with van der Waals surface area (Å²) in [4.78, 5) is 26.2. The average Bonchev–Trinajstić information content (AvgIpc) is 2.95. The minimum atomic E-state index is -0.924. The fourth-order valence-electron chi connectivity index (χ4n) is 4.14. The molecule has 2 aliphatic heterocycles. The van der Waals surface area contributed by atoms with Crippen molar-refractivity contribution in [2.24, 2.45) is 0 Å². The monoisotopic (exact) mass is 368 g/mol. The van der Waals surface area contributed by atoms with Gasteiger partial charge in [0.15, 0.2) is 0 Å². The van der Waals surface area contributed by atoms with E-state index >= 15 is 0 Å². The summed E-state index contributed by atoms with van der Waals surface area (Å²) in [5.41, 5.74) is 1.27. The Labute approximate surface area is 158 Å². The second kappa shape index (κ2) is 7.50. The Morgan fingerprint density at radius 1 is 1.07 bits per heavy atom. The fraction of sp³-hybridized carbons (Fsp3) is 0.500. The third kappa shape index (κ3) is 3.59. The Morgan fingerprint density at radius 2 is 1.96 bits per heavy atom. The Bertz CT molecular complexity index is 861. The molecule has 1 atom stereocenters. The number of benzene rings is 1. The summed E-state index contributed by atoms with van der Waals surface area (Å²) in [5, 5.41) is 17.7. The fourth-order valence-corrected chi connectivity index (χ4v) is 4.14. The lowest BCUT2D eigenvalue weighted by Gasteiger charge is -2.33. The molecule has 0 unspecified atom stereocenters. The van der Waals surface area contributed by atoms with Crippen molar-refractivity contribution >= 4 is 11.9 Å². The molecule has 0 bridgehead atoms. The van der Waals surface area contributed by atoms with E-state index in [-0.39, 0.29) is 11.8 Å². The largest absolute Gasteiger partial charge is 0.478 e. The van der Waals surface area contributed by atoms with Gasteiger partial charge in [0, 0.05) is 32.0 Å². The maximum absolute atomic E-state index is 13.1. The molecule has 0 spiro atoms. The van der Waals surface area contributed by atoms with Crippen LogP contribution in [0.15, 0.2) is 24.3 Å². The zero-order valence-corrected chi connectivity index (χ0v) is 15.3. The Kier molecular flexibility index (Phi) is 4.92. The number of aromatic carboxylic acids is 1. The normalized spacial score (nSPS) is 20.0. The number of aromatic nitrogens is 3. The van der Waals surface area contributed by atoms with E-state index in [0.29, 0.717) is 24.5 Å². The number of amides is 1. The molecule has 0 radical (unpaired) electrons. The van der Waals surface area contributed by atoms with Gasteiger partial charge in [0.05, 0.1) is 5.56 Å². The van der Waals surface area contributed by atoms with E-state index in [0.717, 1.165) is 56.5 Å². The molecule has 0 saturated carbocycles. The molecule has 2 aromatic rings. The van der Waals surface area contributed by atoms with Gasteiger partial charge in [-0.2, -0.15) is 0 Å². The predicted octanol–water partition coefficient (Wildman–Crippen LogP) is 2.72. The zero-order valence-electron chi connectivity index (χ0n) is 15.3. The molecule has 3 heterocycles. The minimum Gasteiger partial charge on any atom is -0.478 e. The summed E-state index contributed by atoms with van der Waals surface area (Å²) in [5.74, 6) is 0.528. The predicted molar refractivity (Wildman–Crippen MR) is 98.9 cm³/mol. The van der Waals surface area contributed by atoms with E-state index in [1.165, 1.54) is 0 Å². The van der Waals surface area contributed by atoms with Crippen molar-refractivity contribution < 1.29 is 14.7 Å². The molecule has 1 N–H and O–H groups in total. The second-order valence-corrected chi connectivity index (χ2v) is 7.42. The summed E-state index contributed by atoms with van der Waals surface area (Å²) < 4.78 is 1.99. The van der Waals surface area contributed by atoms with Gasteiger partial charge in [-0.15, -0.1) is 10.2 Å². The highest BCUT2D eigenvalue weighted by molar-refractivity contribution is 5.91. The standard InChI is InChI=1S/C20H24N4O3/c25-19(18-22-21-17-9-2-1-3-11-24(17)18)23-10-5-8-16(13-23)14-6-4-7-15(12-14)20(26)27/h4,6-7,12,16H,1-3,5,8-11,13H2,(H,26,27)/t16-/m0/s1. The molecule has 7 heteroatoms. The van der Waals surface area contributed by atoms with Gasteiger partial charge < -0.3 is 14.6 Å². The first kappa shape index (κ1) is 17.7. The summed E-state index contributed by atoms with van der Waals surface area (Å²) in [7, 11) is 0. The molecule has 1 amide bonds. The minimum absolute atomic E-state index is 0.0604. The third-order valence-corrected chi connectivity index (χ3v) is 5.61. The molecule has 0 aliphatic carbocycles. The number of carbonyl (C=O) groups excluding carboxylic acids is 1. The lowest BCUT2D eigenvalue weighted by Crippen LogP contribution is -2.40. The van der Waals surface area contributed by atoms with E-state index in [1.807, 2.05) is 15.5 Å². The number of aryl methyl sites for hydroxylation is 1. The van der Waals surface area contributed by atoms with Crippen LogP contribution < -0.4 is 0 Å². The molecule has 7 nitrogen and oxygen atoms in total. The van der Waals surface area contributed by atoms with Gasteiger partial charge in [0.1, 0.15) is 5.82 Å². The first-order valence-electron chi connectivity index (χ1n) is 9.68. The van der Waals surface area contributed by atoms with Gasteiger partial charge in [0.25, 0.3) is 5.91 Å². The quantitative estimate of drug-likeness (QED) is 0.900. The number of hydrogen-bond donors (Lipinski definition) is 1. The lowest BCUT2D eigenvalue weighted by atomic mass is 9.89. The van der Waals surface area contributed by atoms with Crippen LogP contribution in [0.25, 0.3) is 0 Å². The topological polar surface area (TPSA) is 88.3 Å². The molecular formula is C20H24N4O3. The SMILES string of the molecule is O=C(O)c1cccc([C@H]2CCCN(C(=O)c3nnc4n3CCCCC4)C2)c1. The van der Waals surface area contributed by atoms with Crippen molar-refractivity contribution in [3.8, 4) is 0 Å². The Hall–Kier alpha value is -2.70. The second-order valence-electron chi connectivity index (χ2n) is 7.42. The molecule has 142 valence electrons. The summed E-state index contributed by atoms with van der Waals surface area (Å²) in [6.07, 6.45) is 6.03. The van der Waals surface area contributed by atoms with E-state index in [9.17, 15) is 14.7 Å². The first-order valence-corrected chi connectivity index (χ1v) is 9.68. The third-order valence-electron chi connectivity index (χ3n) is 5.61. The maximum Gasteiger partial charge on any atom is 0.335 e. The van der Waals surface area contributed by atoms with Crippen molar-refractivity contribution in [3.05, 3.63) is 47.0 Å². The van der Waals surface area contributed by atoms with Crippen molar-refractivity contribution in [1.29, 1.82) is 0 Å². The van der Waals surface area contributed by atoms with Crippen molar-refractivity contribution in [2.45, 2.75) is 51.0 Å². The van der Waals surface area contributed by atoms with Gasteiger partial charge in [-0.05, 0) is 43.4 Å². The number of likely N-dealkylation sites (tertiary alicyclic amines) is 1. The van der Waals surface area contributed by atoms with E-state index in [2.05, 4.69) is 10.2 Å². The smallest absolute Gasteiger partial charge is 0.335 e. The highest BCUT2D eigenvalue weighted by atomic mass is 16.4. The van der Waals surface area contributed by atoms with Crippen molar-refractivity contribution in [1.82, 2.24) is 19.7 Å². The average molecular weight is 368 g/mol. The van der Waals surface area contributed by atoms with Crippen LogP contribution >= 0.6 is 0 Å². The molecule has 27 heavy (non-hydrogen) atoms. The number of hydrogen-bond acceptors (Lipinski definition) is 4. The lowest BCUT2D eigenvalue weighted by molar-refractivity contribution is 0.0679. The molecule has 2 aliphatic rings. The van der Waals surface area contributed by atoms with Gasteiger partial charge >= 0.3 is 5.97 Å². The number of carboxylic acid groups (broad SMARTS) is 1. The Morgan fingerprint density at radius 3 is 2.81 bits per heavy atom. The molecule has 1 fully saturated rings. The molecule has 1 aromatic heterocycles. The maximum atomic E-state index is 13.1. The van der Waals surface area contributed by atoms with Gasteiger partial charge in [-0.3, -0.25) is 4.79 Å². The van der Waals surface area contributed by atoms with Gasteiger partial charge in [-0.1, -0.05) is 18.6 Å². The molecule has 4 rings (SSSR count). The van der Waals surface area contributed by atoms with Gasteiger partial charge in [0.2, 0.25) is 5.82 Å². The van der Waals surface area contributed by atoms with Crippen LogP contribution in [0, 0.1) is 0 Å². The number of piperidine rings is 1. The number of rotatable bonds is 3. The summed E-state index contributed by atoms with van der Waals surface area (Å²) >= 11 is 0. The van der Waals surface area contributed by atoms with Crippen molar-refractivity contribution in [3.63, 3.8) is 0 Å². The molecular weight excluding hydrogens is 344 g/mol. The van der Waals surface area contributed by atoms with Crippen LogP contribution in [0.5, 0.6) is 0 Å². The van der Waals surface area contributed by atoms with E-state index in [4.69, 9.17) is 0 Å². The van der Waals surface area contributed by atoms with E-state index < -0.39 is 5.97 Å².